The fourth-order valence-corrected chi connectivity index (χ4v) is 9.40. The Morgan fingerprint density at radius 3 is 2.35 bits per heavy atom. The maximum atomic E-state index is 2.76. The van der Waals surface area contributed by atoms with Gasteiger partial charge in [0.05, 0.1) is 0 Å². The first kappa shape index (κ1) is 19.3. The minimum absolute atomic E-state index is 0.638. The van der Waals surface area contributed by atoms with Crippen molar-refractivity contribution in [3.05, 3.63) is 0 Å². The highest BCUT2D eigenvalue weighted by atomic mass is 14.7. The van der Waals surface area contributed by atoms with Gasteiger partial charge in [-0.2, -0.15) is 0 Å². The molecule has 150 valence electrons. The molecule has 0 aromatic heterocycles. The van der Waals surface area contributed by atoms with Crippen LogP contribution in [0.15, 0.2) is 0 Å². The van der Waals surface area contributed by atoms with Gasteiger partial charge in [-0.05, 0) is 104 Å². The highest BCUT2D eigenvalue weighted by Crippen LogP contribution is 2.70. The quantitative estimate of drug-likeness (QED) is 0.476. The lowest BCUT2D eigenvalue weighted by molar-refractivity contribution is -0.179. The lowest BCUT2D eigenvalue weighted by atomic mass is 9.38. The molecule has 4 saturated carbocycles. The van der Waals surface area contributed by atoms with Crippen molar-refractivity contribution < 1.29 is 0 Å². The maximum absolute atomic E-state index is 2.76. The zero-order chi connectivity index (χ0) is 18.6. The highest BCUT2D eigenvalue weighted by Gasteiger charge is 2.62. The molecule has 0 aromatic carbocycles. The highest BCUT2D eigenvalue weighted by molar-refractivity contribution is 5.11. The summed E-state index contributed by atoms with van der Waals surface area (Å²) in [7, 11) is 0. The van der Waals surface area contributed by atoms with Crippen molar-refractivity contribution in [2.24, 2.45) is 45.8 Å². The minimum atomic E-state index is 0.638. The zero-order valence-corrected chi connectivity index (χ0v) is 18.6. The van der Waals surface area contributed by atoms with E-state index in [-0.39, 0.29) is 0 Å². The number of hydrogen-bond acceptors (Lipinski definition) is 0. The van der Waals surface area contributed by atoms with E-state index in [1.54, 1.807) is 32.1 Å². The Morgan fingerprint density at radius 2 is 1.62 bits per heavy atom. The molecule has 0 N–H and O–H groups in total. The lowest BCUT2D eigenvalue weighted by Crippen LogP contribution is -2.59. The van der Waals surface area contributed by atoms with Crippen molar-refractivity contribution in [3.63, 3.8) is 0 Å². The van der Waals surface area contributed by atoms with Crippen LogP contribution in [0.2, 0.25) is 0 Å². The average Bonchev–Trinajstić information content (AvgIpc) is 2.61. The molecular formula is C26H46. The Kier molecular flexibility index (Phi) is 5.06. The van der Waals surface area contributed by atoms with Gasteiger partial charge in [-0.1, -0.05) is 60.3 Å². The monoisotopic (exact) mass is 358 g/mol. The Hall–Kier alpha value is 0. The molecule has 26 heavy (non-hydrogen) atoms. The Morgan fingerprint density at radius 1 is 0.808 bits per heavy atom. The molecule has 4 fully saturated rings. The summed E-state index contributed by atoms with van der Waals surface area (Å²) >= 11 is 0. The summed E-state index contributed by atoms with van der Waals surface area (Å²) in [5.74, 6) is 5.20. The molecule has 0 radical (unpaired) electrons. The van der Waals surface area contributed by atoms with Crippen molar-refractivity contribution >= 4 is 0 Å². The van der Waals surface area contributed by atoms with Crippen molar-refractivity contribution in [1.29, 1.82) is 0 Å². The van der Waals surface area contributed by atoms with Gasteiger partial charge in [-0.3, -0.25) is 0 Å². The maximum Gasteiger partial charge on any atom is -0.0241 e. The van der Waals surface area contributed by atoms with Gasteiger partial charge in [-0.25, -0.2) is 0 Å². The first-order valence-electron chi connectivity index (χ1n) is 12.4. The SMILES string of the molecule is CCCC1CCC2(C)C3CCC4(C)C(CC)CCCC4C3CCC2(C)C1. The van der Waals surface area contributed by atoms with Crippen LogP contribution >= 0.6 is 0 Å². The van der Waals surface area contributed by atoms with Crippen LogP contribution in [-0.4, -0.2) is 0 Å². The molecule has 0 spiro atoms. The summed E-state index contributed by atoms with van der Waals surface area (Å²) in [4.78, 5) is 0. The average molecular weight is 359 g/mol. The van der Waals surface area contributed by atoms with Crippen LogP contribution < -0.4 is 0 Å². The normalized spacial score (nSPS) is 54.1. The van der Waals surface area contributed by atoms with Crippen molar-refractivity contribution in [1.82, 2.24) is 0 Å². The summed E-state index contributed by atoms with van der Waals surface area (Å²) in [5.41, 5.74) is 1.96. The second-order valence-electron chi connectivity index (χ2n) is 11.9. The summed E-state index contributed by atoms with van der Waals surface area (Å²) in [6.07, 6.45) is 19.7. The first-order valence-corrected chi connectivity index (χ1v) is 12.4. The Balaban J connectivity index is 1.60. The van der Waals surface area contributed by atoms with Crippen LogP contribution in [0.4, 0.5) is 0 Å². The van der Waals surface area contributed by atoms with E-state index >= 15 is 0 Å². The predicted molar refractivity (Wildman–Crippen MR) is 113 cm³/mol. The van der Waals surface area contributed by atoms with E-state index in [1.807, 2.05) is 0 Å². The molecule has 0 heterocycles. The third-order valence-electron chi connectivity index (χ3n) is 11.1. The Bertz CT molecular complexity index is 508. The van der Waals surface area contributed by atoms with Gasteiger partial charge in [0.25, 0.3) is 0 Å². The van der Waals surface area contributed by atoms with E-state index in [1.165, 1.54) is 51.4 Å². The molecule has 8 atom stereocenters. The second-order valence-corrected chi connectivity index (χ2v) is 11.9. The molecular weight excluding hydrogens is 312 g/mol. The van der Waals surface area contributed by atoms with E-state index in [0.29, 0.717) is 16.2 Å². The first-order chi connectivity index (χ1) is 12.4. The summed E-state index contributed by atoms with van der Waals surface area (Å²) in [6, 6.07) is 0. The lowest BCUT2D eigenvalue weighted by Gasteiger charge is -2.67. The van der Waals surface area contributed by atoms with Crippen LogP contribution in [-0.2, 0) is 0 Å². The molecule has 4 rings (SSSR count). The van der Waals surface area contributed by atoms with Crippen LogP contribution in [0.5, 0.6) is 0 Å². The van der Waals surface area contributed by atoms with E-state index in [0.717, 1.165) is 29.6 Å². The van der Waals surface area contributed by atoms with Crippen LogP contribution in [0.1, 0.15) is 118 Å². The van der Waals surface area contributed by atoms with Gasteiger partial charge in [0, 0.05) is 0 Å². The van der Waals surface area contributed by atoms with Crippen molar-refractivity contribution in [2.45, 2.75) is 118 Å². The minimum Gasteiger partial charge on any atom is -0.0654 e. The van der Waals surface area contributed by atoms with Gasteiger partial charge in [0.15, 0.2) is 0 Å². The fraction of sp³-hybridized carbons (Fsp3) is 1.00. The summed E-state index contributed by atoms with van der Waals surface area (Å²) < 4.78 is 0. The van der Waals surface area contributed by atoms with E-state index in [4.69, 9.17) is 0 Å². The molecule has 0 aliphatic heterocycles. The fourth-order valence-electron chi connectivity index (χ4n) is 9.40. The third-order valence-corrected chi connectivity index (χ3v) is 11.1. The van der Waals surface area contributed by atoms with Gasteiger partial charge in [0.1, 0.15) is 0 Å². The van der Waals surface area contributed by atoms with Crippen LogP contribution in [0.3, 0.4) is 0 Å². The molecule has 8 unspecified atom stereocenters. The van der Waals surface area contributed by atoms with Gasteiger partial charge < -0.3 is 0 Å². The van der Waals surface area contributed by atoms with Gasteiger partial charge in [0.2, 0.25) is 0 Å². The number of hydrogen-bond donors (Lipinski definition) is 0. The Labute approximate surface area is 164 Å². The van der Waals surface area contributed by atoms with Crippen LogP contribution in [0, 0.1) is 45.8 Å². The molecule has 0 saturated heterocycles. The molecule has 0 heteroatoms. The second kappa shape index (κ2) is 6.81. The van der Waals surface area contributed by atoms with E-state index < -0.39 is 0 Å². The van der Waals surface area contributed by atoms with Gasteiger partial charge >= 0.3 is 0 Å². The molecule has 0 amide bonds. The zero-order valence-electron chi connectivity index (χ0n) is 18.6. The van der Waals surface area contributed by atoms with Crippen molar-refractivity contribution in [3.8, 4) is 0 Å². The summed E-state index contributed by atoms with van der Waals surface area (Å²) in [6.45, 7) is 13.1. The number of fused-ring (bicyclic) bond motifs is 5. The molecule has 0 bridgehead atoms. The largest absolute Gasteiger partial charge is 0.0654 e. The topological polar surface area (TPSA) is 0 Å². The molecule has 4 aliphatic rings. The van der Waals surface area contributed by atoms with Crippen LogP contribution in [0.25, 0.3) is 0 Å². The van der Waals surface area contributed by atoms with E-state index in [9.17, 15) is 0 Å². The smallest absolute Gasteiger partial charge is 0.0241 e. The van der Waals surface area contributed by atoms with Gasteiger partial charge in [-0.15, -0.1) is 0 Å². The third kappa shape index (κ3) is 2.67. The molecule has 0 nitrogen and oxygen atoms in total. The van der Waals surface area contributed by atoms with Crippen molar-refractivity contribution in [2.75, 3.05) is 0 Å². The molecule has 0 aromatic rings. The predicted octanol–water partition coefficient (Wildman–Crippen LogP) is 8.25. The molecule has 4 aliphatic carbocycles. The standard InChI is InChI=1S/C26H46/c1-6-9-19-12-17-26(5)23-14-16-25(4)20(7-2)10-8-11-22(25)21(23)13-15-24(26,3)18-19/h19-23H,6-18H2,1-5H3. The number of rotatable bonds is 3. The van der Waals surface area contributed by atoms with E-state index in [2.05, 4.69) is 34.6 Å². The summed E-state index contributed by atoms with van der Waals surface area (Å²) in [5, 5.41) is 0.